The number of ether oxygens (including phenoxy) is 1. The minimum absolute atomic E-state index is 0.254. The number of halogens is 1. The second-order valence-corrected chi connectivity index (χ2v) is 5.40. The molecule has 1 saturated heterocycles. The van der Waals surface area contributed by atoms with Crippen LogP contribution in [0, 0.1) is 0 Å². The predicted molar refractivity (Wildman–Crippen MR) is 80.4 cm³/mol. The summed E-state index contributed by atoms with van der Waals surface area (Å²) in [5, 5.41) is 5.58. The largest absolute Gasteiger partial charge is 0.381 e. The normalized spacial score (nSPS) is 17.1. The number of anilines is 1. The summed E-state index contributed by atoms with van der Waals surface area (Å²) in [5.41, 5.74) is 5.93. The summed E-state index contributed by atoms with van der Waals surface area (Å²) in [4.78, 5) is 24.0. The quantitative estimate of drug-likeness (QED) is 0.780. The van der Waals surface area contributed by atoms with Crippen LogP contribution in [0.2, 0.25) is 5.02 Å². The van der Waals surface area contributed by atoms with E-state index in [4.69, 9.17) is 22.1 Å². The SMILES string of the molecule is CNC(=O)c1ccc(Cl)c(NC(=O)C2(N)CCOCC2)c1. The van der Waals surface area contributed by atoms with Crippen molar-refractivity contribution >= 4 is 29.1 Å². The maximum Gasteiger partial charge on any atom is 0.251 e. The first kappa shape index (κ1) is 15.8. The van der Waals surface area contributed by atoms with Gasteiger partial charge in [-0.1, -0.05) is 11.6 Å². The number of hydrogen-bond donors (Lipinski definition) is 3. The lowest BCUT2D eigenvalue weighted by atomic mass is 9.90. The van der Waals surface area contributed by atoms with E-state index in [9.17, 15) is 9.59 Å². The molecule has 0 bridgehead atoms. The van der Waals surface area contributed by atoms with E-state index in [1.54, 1.807) is 12.1 Å². The van der Waals surface area contributed by atoms with Crippen LogP contribution < -0.4 is 16.4 Å². The highest BCUT2D eigenvalue weighted by atomic mass is 35.5. The molecule has 0 aromatic heterocycles. The Morgan fingerprint density at radius 2 is 2.00 bits per heavy atom. The van der Waals surface area contributed by atoms with Crippen LogP contribution in [0.1, 0.15) is 23.2 Å². The van der Waals surface area contributed by atoms with E-state index in [2.05, 4.69) is 10.6 Å². The summed E-state index contributed by atoms with van der Waals surface area (Å²) in [6.07, 6.45) is 0.900. The molecule has 7 heteroatoms. The molecule has 1 aliphatic rings. The van der Waals surface area contributed by atoms with E-state index in [0.29, 0.717) is 42.3 Å². The fourth-order valence-corrected chi connectivity index (χ4v) is 2.28. The summed E-state index contributed by atoms with van der Waals surface area (Å²) >= 11 is 6.06. The number of nitrogens with one attached hydrogen (secondary N) is 2. The van der Waals surface area contributed by atoms with Crippen molar-refractivity contribution < 1.29 is 14.3 Å². The Balaban J connectivity index is 2.18. The molecule has 0 unspecified atom stereocenters. The number of benzene rings is 1. The lowest BCUT2D eigenvalue weighted by Crippen LogP contribution is -2.54. The Morgan fingerprint density at radius 3 is 2.62 bits per heavy atom. The molecule has 2 amide bonds. The maximum atomic E-state index is 12.3. The molecule has 114 valence electrons. The molecular formula is C14H18ClN3O3. The second-order valence-electron chi connectivity index (χ2n) is 5.00. The van der Waals surface area contributed by atoms with Crippen LogP contribution in [0.15, 0.2) is 18.2 Å². The summed E-state index contributed by atoms with van der Waals surface area (Å²) in [7, 11) is 1.53. The summed E-state index contributed by atoms with van der Waals surface area (Å²) in [6.45, 7) is 0.909. The molecular weight excluding hydrogens is 294 g/mol. The van der Waals surface area contributed by atoms with Crippen LogP contribution >= 0.6 is 11.6 Å². The van der Waals surface area contributed by atoms with Crippen LogP contribution in [0.5, 0.6) is 0 Å². The minimum Gasteiger partial charge on any atom is -0.381 e. The third-order valence-corrected chi connectivity index (χ3v) is 3.87. The molecule has 1 aromatic carbocycles. The number of carbonyl (C=O) groups excluding carboxylic acids is 2. The lowest BCUT2D eigenvalue weighted by molar-refractivity contribution is -0.124. The number of carbonyl (C=O) groups is 2. The average Bonchev–Trinajstić information content (AvgIpc) is 2.49. The fourth-order valence-electron chi connectivity index (χ4n) is 2.12. The number of hydrogen-bond acceptors (Lipinski definition) is 4. The Morgan fingerprint density at radius 1 is 1.33 bits per heavy atom. The zero-order valence-electron chi connectivity index (χ0n) is 11.7. The van der Waals surface area contributed by atoms with Crippen molar-refractivity contribution in [2.45, 2.75) is 18.4 Å². The van der Waals surface area contributed by atoms with Gasteiger partial charge in [0.15, 0.2) is 0 Å². The monoisotopic (exact) mass is 311 g/mol. The topological polar surface area (TPSA) is 93.5 Å². The summed E-state index contributed by atoms with van der Waals surface area (Å²) in [5.74, 6) is -0.572. The van der Waals surface area contributed by atoms with Crippen molar-refractivity contribution in [2.75, 3.05) is 25.6 Å². The Kier molecular flexibility index (Phi) is 4.82. The molecule has 4 N–H and O–H groups in total. The second kappa shape index (κ2) is 6.43. The zero-order valence-corrected chi connectivity index (χ0v) is 12.5. The number of rotatable bonds is 3. The highest BCUT2D eigenvalue weighted by Gasteiger charge is 2.36. The van der Waals surface area contributed by atoms with Gasteiger partial charge in [-0.3, -0.25) is 9.59 Å². The Bertz CT molecular complexity index is 556. The third kappa shape index (κ3) is 3.53. The molecule has 6 nitrogen and oxygen atoms in total. The molecule has 2 rings (SSSR count). The molecule has 0 radical (unpaired) electrons. The van der Waals surface area contributed by atoms with E-state index in [1.807, 2.05) is 0 Å². The van der Waals surface area contributed by atoms with E-state index in [0.717, 1.165) is 0 Å². The van der Waals surface area contributed by atoms with Gasteiger partial charge < -0.3 is 21.1 Å². The smallest absolute Gasteiger partial charge is 0.251 e. The van der Waals surface area contributed by atoms with Gasteiger partial charge in [-0.15, -0.1) is 0 Å². The van der Waals surface area contributed by atoms with Crippen molar-refractivity contribution in [3.63, 3.8) is 0 Å². The molecule has 1 heterocycles. The summed E-state index contributed by atoms with van der Waals surface area (Å²) in [6, 6.07) is 4.68. The maximum absolute atomic E-state index is 12.3. The average molecular weight is 312 g/mol. The highest BCUT2D eigenvalue weighted by molar-refractivity contribution is 6.34. The van der Waals surface area contributed by atoms with Gasteiger partial charge in [0.25, 0.3) is 5.91 Å². The van der Waals surface area contributed by atoms with E-state index in [-0.39, 0.29) is 11.8 Å². The van der Waals surface area contributed by atoms with Gasteiger partial charge in [0.1, 0.15) is 5.54 Å². The lowest BCUT2D eigenvalue weighted by Gasteiger charge is -2.31. The predicted octanol–water partition coefficient (Wildman–Crippen LogP) is 1.15. The standard InChI is InChI=1S/C14H18ClN3O3/c1-17-12(19)9-2-3-10(15)11(8-9)18-13(20)14(16)4-6-21-7-5-14/h2-3,8H,4-7,16H2,1H3,(H,17,19)(H,18,20). The molecule has 21 heavy (non-hydrogen) atoms. The molecule has 1 fully saturated rings. The van der Waals surface area contributed by atoms with Crippen molar-refractivity contribution in [2.24, 2.45) is 5.73 Å². The van der Waals surface area contributed by atoms with Gasteiger partial charge in [0, 0.05) is 25.8 Å². The third-order valence-electron chi connectivity index (χ3n) is 3.54. The Labute approximate surface area is 128 Å². The first-order chi connectivity index (χ1) is 9.96. The highest BCUT2D eigenvalue weighted by Crippen LogP contribution is 2.26. The zero-order chi connectivity index (χ0) is 15.5. The molecule has 1 aliphatic heterocycles. The van der Waals surface area contributed by atoms with E-state index < -0.39 is 5.54 Å². The Hall–Kier alpha value is -1.63. The van der Waals surface area contributed by atoms with E-state index >= 15 is 0 Å². The van der Waals surface area contributed by atoms with Crippen molar-refractivity contribution in [1.82, 2.24) is 5.32 Å². The minimum atomic E-state index is -0.968. The fraction of sp³-hybridized carbons (Fsp3) is 0.429. The van der Waals surface area contributed by atoms with E-state index in [1.165, 1.54) is 13.1 Å². The molecule has 0 spiro atoms. The first-order valence-corrected chi connectivity index (χ1v) is 7.04. The van der Waals surface area contributed by atoms with Gasteiger partial charge in [-0.2, -0.15) is 0 Å². The number of amides is 2. The number of nitrogens with two attached hydrogens (primary N) is 1. The van der Waals surface area contributed by atoms with Gasteiger partial charge in [-0.25, -0.2) is 0 Å². The molecule has 0 saturated carbocycles. The van der Waals surface area contributed by atoms with Gasteiger partial charge in [0.05, 0.1) is 10.7 Å². The van der Waals surface area contributed by atoms with Crippen molar-refractivity contribution in [1.29, 1.82) is 0 Å². The van der Waals surface area contributed by atoms with Gasteiger partial charge in [-0.05, 0) is 31.0 Å². The molecule has 1 aromatic rings. The van der Waals surface area contributed by atoms with Crippen LogP contribution in [-0.2, 0) is 9.53 Å². The summed E-state index contributed by atoms with van der Waals surface area (Å²) < 4.78 is 5.22. The van der Waals surface area contributed by atoms with Gasteiger partial charge in [0.2, 0.25) is 5.91 Å². The van der Waals surface area contributed by atoms with Crippen LogP contribution in [0.25, 0.3) is 0 Å². The molecule has 0 atom stereocenters. The van der Waals surface area contributed by atoms with Crippen LogP contribution in [0.3, 0.4) is 0 Å². The molecule has 0 aliphatic carbocycles. The van der Waals surface area contributed by atoms with Crippen molar-refractivity contribution in [3.8, 4) is 0 Å². The van der Waals surface area contributed by atoms with Gasteiger partial charge >= 0.3 is 0 Å². The van der Waals surface area contributed by atoms with Crippen molar-refractivity contribution in [3.05, 3.63) is 28.8 Å². The van der Waals surface area contributed by atoms with Crippen LogP contribution in [-0.4, -0.2) is 37.6 Å². The van der Waals surface area contributed by atoms with Crippen LogP contribution in [0.4, 0.5) is 5.69 Å². The first-order valence-electron chi connectivity index (χ1n) is 6.66.